The number of piperidine rings is 3. The van der Waals surface area contributed by atoms with Crippen LogP contribution >= 0.6 is 0 Å². The van der Waals surface area contributed by atoms with Crippen molar-refractivity contribution in [2.24, 2.45) is 11.8 Å². The van der Waals surface area contributed by atoms with Gasteiger partial charge in [-0.05, 0) is 64.3 Å². The Morgan fingerprint density at radius 2 is 2.09 bits per heavy atom. The summed E-state index contributed by atoms with van der Waals surface area (Å²) in [7, 11) is 0. The molecule has 7 heteroatoms. The molecule has 1 aromatic rings. The van der Waals surface area contributed by atoms with Gasteiger partial charge in [-0.1, -0.05) is 18.1 Å². The van der Waals surface area contributed by atoms with Gasteiger partial charge in [0.15, 0.2) is 12.4 Å². The largest absolute Gasteiger partial charge is 0.507 e. The number of phenolic OH excluding ortho intramolecular Hbond substituents is 1. The van der Waals surface area contributed by atoms with Crippen LogP contribution in [0.2, 0.25) is 0 Å². The van der Waals surface area contributed by atoms with Crippen molar-refractivity contribution in [3.63, 3.8) is 0 Å². The molecule has 1 N–H and O–H groups in total. The predicted octanol–water partition coefficient (Wildman–Crippen LogP) is 3.94. The topological polar surface area (TPSA) is 79.3 Å². The maximum atomic E-state index is 13.4. The van der Waals surface area contributed by atoms with Crippen LogP contribution in [0.4, 0.5) is 0 Å². The molecule has 35 heavy (non-hydrogen) atoms. The highest BCUT2D eigenvalue weighted by atomic mass is 16.5. The molecule has 2 bridgehead atoms. The molecule has 4 aliphatic heterocycles. The lowest BCUT2D eigenvalue weighted by Crippen LogP contribution is -2.60. The second-order valence-corrected chi connectivity index (χ2v) is 11.7. The number of rotatable bonds is 3. The molecule has 1 aromatic carbocycles. The first-order valence-corrected chi connectivity index (χ1v) is 13.3. The molecule has 6 rings (SSSR count). The molecule has 3 saturated heterocycles. The fourth-order valence-electron chi connectivity index (χ4n) is 7.31. The van der Waals surface area contributed by atoms with Gasteiger partial charge < -0.3 is 19.5 Å². The Morgan fingerprint density at radius 3 is 2.94 bits per heavy atom. The van der Waals surface area contributed by atoms with Gasteiger partial charge in [0.2, 0.25) is 0 Å². The van der Waals surface area contributed by atoms with Gasteiger partial charge in [-0.2, -0.15) is 0 Å². The van der Waals surface area contributed by atoms with Crippen LogP contribution in [-0.2, 0) is 4.79 Å². The third-order valence-electron chi connectivity index (χ3n) is 8.65. The molecule has 0 radical (unpaired) electrons. The highest BCUT2D eigenvalue weighted by Crippen LogP contribution is 2.45. The molecule has 188 valence electrons. The minimum Gasteiger partial charge on any atom is -0.507 e. The van der Waals surface area contributed by atoms with E-state index >= 15 is 0 Å². The fraction of sp³-hybridized carbons (Fsp3) is 0.643. The quantitative estimate of drug-likeness (QED) is 0.661. The molecule has 0 unspecified atom stereocenters. The second kappa shape index (κ2) is 8.54. The highest BCUT2D eigenvalue weighted by Gasteiger charge is 2.47. The molecule has 7 nitrogen and oxygen atoms in total. The first-order chi connectivity index (χ1) is 16.8. The van der Waals surface area contributed by atoms with Crippen LogP contribution in [-0.4, -0.2) is 70.5 Å². The van der Waals surface area contributed by atoms with Gasteiger partial charge in [-0.15, -0.1) is 0 Å². The van der Waals surface area contributed by atoms with Crippen LogP contribution in [0.3, 0.4) is 0 Å². The standard InChI is InChI=1S/C28H36N2O5/c1-28(2)14-23(32)26-22(31)12-20(13-24(26)35-28)34-16-25(33)30-9-5-6-17-10-18-11-19(27(17)30)15-29-8-4-3-7-21(18)29/h10,12-13,18-19,21,27,31H,3-9,11,14-16H2,1-2H3/t18-,19-,21+,27+/m0/s1. The van der Waals surface area contributed by atoms with E-state index in [0.29, 0.717) is 29.4 Å². The number of amides is 1. The Bertz CT molecular complexity index is 1080. The number of hydrogen-bond donors (Lipinski definition) is 1. The van der Waals surface area contributed by atoms with Gasteiger partial charge in [0.05, 0.1) is 12.5 Å². The molecule has 1 amide bonds. The van der Waals surface area contributed by atoms with Crippen molar-refractivity contribution in [2.45, 2.75) is 76.5 Å². The monoisotopic (exact) mass is 480 g/mol. The predicted molar refractivity (Wildman–Crippen MR) is 131 cm³/mol. The van der Waals surface area contributed by atoms with Crippen LogP contribution in [0.5, 0.6) is 17.2 Å². The minimum absolute atomic E-state index is 0.0191. The number of nitrogens with zero attached hydrogens (tertiary/aromatic N) is 2. The number of likely N-dealkylation sites (tertiary alicyclic amines) is 1. The van der Waals surface area contributed by atoms with Gasteiger partial charge in [0.25, 0.3) is 5.91 Å². The SMILES string of the molecule is CC1(C)CC(=O)c2c(O)cc(OCC(=O)N3CCCC4=C[C@H]5C[C@@H](CN6CCCC[C@H]56)[C@@H]43)cc2O1. The molecule has 1 aliphatic carbocycles. The van der Waals surface area contributed by atoms with Crippen molar-refractivity contribution in [1.82, 2.24) is 9.80 Å². The fourth-order valence-corrected chi connectivity index (χ4v) is 7.31. The first kappa shape index (κ1) is 22.9. The maximum Gasteiger partial charge on any atom is 0.261 e. The Morgan fingerprint density at radius 1 is 1.23 bits per heavy atom. The Kier molecular flexibility index (Phi) is 5.59. The van der Waals surface area contributed by atoms with Gasteiger partial charge in [0.1, 0.15) is 28.4 Å². The average Bonchev–Trinajstić information content (AvgIpc) is 2.81. The lowest BCUT2D eigenvalue weighted by Gasteiger charge is -2.54. The summed E-state index contributed by atoms with van der Waals surface area (Å²) in [6.07, 6.45) is 9.92. The maximum absolute atomic E-state index is 13.4. The Balaban J connectivity index is 1.18. The third-order valence-corrected chi connectivity index (χ3v) is 8.65. The van der Waals surface area contributed by atoms with E-state index < -0.39 is 5.60 Å². The van der Waals surface area contributed by atoms with E-state index in [9.17, 15) is 14.7 Å². The number of benzene rings is 1. The minimum atomic E-state index is -0.645. The Labute approximate surface area is 207 Å². The van der Waals surface area contributed by atoms with E-state index in [1.165, 1.54) is 43.9 Å². The van der Waals surface area contributed by atoms with Crippen molar-refractivity contribution < 1.29 is 24.2 Å². The van der Waals surface area contributed by atoms with E-state index in [2.05, 4.69) is 11.0 Å². The number of fused-ring (bicyclic) bond motifs is 7. The van der Waals surface area contributed by atoms with Gasteiger partial charge in [-0.3, -0.25) is 14.5 Å². The average molecular weight is 481 g/mol. The number of ketones is 1. The number of carbonyl (C=O) groups excluding carboxylic acids is 2. The summed E-state index contributed by atoms with van der Waals surface area (Å²) < 4.78 is 11.8. The smallest absolute Gasteiger partial charge is 0.261 e. The zero-order chi connectivity index (χ0) is 24.3. The van der Waals surface area contributed by atoms with E-state index in [0.717, 1.165) is 25.9 Å². The van der Waals surface area contributed by atoms with Crippen molar-refractivity contribution >= 4 is 11.7 Å². The molecule has 0 saturated carbocycles. The zero-order valence-electron chi connectivity index (χ0n) is 20.8. The summed E-state index contributed by atoms with van der Waals surface area (Å²) >= 11 is 0. The van der Waals surface area contributed by atoms with Crippen molar-refractivity contribution in [3.05, 3.63) is 29.3 Å². The third kappa shape index (κ3) is 4.11. The van der Waals surface area contributed by atoms with E-state index in [-0.39, 0.29) is 42.1 Å². The summed E-state index contributed by atoms with van der Waals surface area (Å²) in [6.45, 7) is 6.63. The normalized spacial score (nSPS) is 31.4. The van der Waals surface area contributed by atoms with E-state index in [1.807, 2.05) is 18.7 Å². The van der Waals surface area contributed by atoms with Gasteiger partial charge in [-0.25, -0.2) is 0 Å². The van der Waals surface area contributed by atoms with Crippen molar-refractivity contribution in [1.29, 1.82) is 0 Å². The van der Waals surface area contributed by atoms with E-state index in [1.54, 1.807) is 6.07 Å². The zero-order valence-corrected chi connectivity index (χ0v) is 20.8. The molecule has 4 heterocycles. The van der Waals surface area contributed by atoms with Gasteiger partial charge >= 0.3 is 0 Å². The number of aromatic hydroxyl groups is 1. The number of carbonyl (C=O) groups is 2. The van der Waals surface area contributed by atoms with Crippen molar-refractivity contribution in [2.75, 3.05) is 26.2 Å². The summed E-state index contributed by atoms with van der Waals surface area (Å²) in [5.74, 6) is 1.45. The van der Waals surface area contributed by atoms with Crippen molar-refractivity contribution in [3.8, 4) is 17.2 Å². The summed E-state index contributed by atoms with van der Waals surface area (Å²) in [5, 5.41) is 10.5. The summed E-state index contributed by atoms with van der Waals surface area (Å²) in [6, 6.07) is 3.90. The first-order valence-electron chi connectivity index (χ1n) is 13.3. The van der Waals surface area contributed by atoms with Crippen LogP contribution in [0.15, 0.2) is 23.8 Å². The van der Waals surface area contributed by atoms with Crippen LogP contribution in [0.1, 0.15) is 69.2 Å². The highest BCUT2D eigenvalue weighted by molar-refractivity contribution is 6.03. The molecule has 3 fully saturated rings. The van der Waals surface area contributed by atoms with Crippen LogP contribution < -0.4 is 9.47 Å². The van der Waals surface area contributed by atoms with Gasteiger partial charge in [0, 0.05) is 31.3 Å². The molecular weight excluding hydrogens is 444 g/mol. The van der Waals surface area contributed by atoms with Crippen LogP contribution in [0.25, 0.3) is 0 Å². The van der Waals surface area contributed by atoms with Crippen LogP contribution in [0, 0.1) is 11.8 Å². The molecule has 4 atom stereocenters. The Hall–Kier alpha value is -2.54. The molecular formula is C28H36N2O5. The number of phenols is 1. The second-order valence-electron chi connectivity index (χ2n) is 11.7. The van der Waals surface area contributed by atoms with E-state index in [4.69, 9.17) is 9.47 Å². The number of Topliss-reactive ketones (excluding diaryl/α,β-unsaturated/α-hetero) is 1. The lowest BCUT2D eigenvalue weighted by atomic mass is 9.68. The number of hydrogen-bond acceptors (Lipinski definition) is 6. The summed E-state index contributed by atoms with van der Waals surface area (Å²) in [4.78, 5) is 30.6. The summed E-state index contributed by atoms with van der Waals surface area (Å²) in [5.41, 5.74) is 1.00. The molecule has 0 spiro atoms. The number of ether oxygens (including phenoxy) is 2. The molecule has 0 aromatic heterocycles. The molecule has 5 aliphatic rings. The lowest BCUT2D eigenvalue weighted by molar-refractivity contribution is -0.138.